The van der Waals surface area contributed by atoms with E-state index < -0.39 is 17.9 Å². The van der Waals surface area contributed by atoms with E-state index in [9.17, 15) is 14.4 Å². The Balaban J connectivity index is 1.96. The summed E-state index contributed by atoms with van der Waals surface area (Å²) in [5.41, 5.74) is 0.896. The van der Waals surface area contributed by atoms with Crippen molar-refractivity contribution in [3.8, 4) is 0 Å². The molecule has 2 rings (SSSR count). The summed E-state index contributed by atoms with van der Waals surface area (Å²) in [6.07, 6.45) is 2.05. The second kappa shape index (κ2) is 8.77. The average Bonchev–Trinajstić information content (AvgIpc) is 2.85. The van der Waals surface area contributed by atoms with Crippen molar-refractivity contribution in [1.29, 1.82) is 0 Å². The molecule has 0 aliphatic carbocycles. The SMILES string of the molecule is CCC(NC(=O)CCN1C(=O)/C(=C/c2ccccc2)SC1=S)C(=O)O. The van der Waals surface area contributed by atoms with Crippen LogP contribution in [0.3, 0.4) is 0 Å². The standard InChI is InChI=1S/C17H18N2O4S2/c1-2-12(16(22)23)18-14(20)8-9-19-15(21)13(25-17(19)24)10-11-6-4-3-5-7-11/h3-7,10,12H,2,8-9H2,1H3,(H,18,20)(H,22,23)/b13-10-. The van der Waals surface area contributed by atoms with Crippen molar-refractivity contribution in [1.82, 2.24) is 10.2 Å². The molecule has 25 heavy (non-hydrogen) atoms. The summed E-state index contributed by atoms with van der Waals surface area (Å²) in [7, 11) is 0. The second-order valence-electron chi connectivity index (χ2n) is 5.36. The first-order valence-electron chi connectivity index (χ1n) is 7.75. The lowest BCUT2D eigenvalue weighted by molar-refractivity contribution is -0.142. The first kappa shape index (κ1) is 19.1. The van der Waals surface area contributed by atoms with E-state index in [1.807, 2.05) is 30.3 Å². The van der Waals surface area contributed by atoms with Crippen molar-refractivity contribution >= 4 is 52.2 Å². The van der Waals surface area contributed by atoms with E-state index >= 15 is 0 Å². The van der Waals surface area contributed by atoms with Crippen LogP contribution in [0.4, 0.5) is 0 Å². The lowest BCUT2D eigenvalue weighted by Crippen LogP contribution is -2.42. The molecule has 1 aliphatic heterocycles. The molecular formula is C17H18N2O4S2. The highest BCUT2D eigenvalue weighted by atomic mass is 32.2. The van der Waals surface area contributed by atoms with Crippen LogP contribution >= 0.6 is 24.0 Å². The first-order chi connectivity index (χ1) is 11.9. The zero-order valence-corrected chi connectivity index (χ0v) is 15.2. The Kier molecular flexibility index (Phi) is 6.72. The van der Waals surface area contributed by atoms with Gasteiger partial charge in [0.2, 0.25) is 5.91 Å². The minimum absolute atomic E-state index is 0.00512. The van der Waals surface area contributed by atoms with Crippen LogP contribution in [0.2, 0.25) is 0 Å². The van der Waals surface area contributed by atoms with Crippen molar-refractivity contribution in [2.75, 3.05) is 6.54 Å². The van der Waals surface area contributed by atoms with E-state index in [-0.39, 0.29) is 18.9 Å². The normalized spacial score (nSPS) is 17.0. The fraction of sp³-hybridized carbons (Fsp3) is 0.294. The van der Waals surface area contributed by atoms with Gasteiger partial charge in [-0.1, -0.05) is 61.2 Å². The Labute approximate surface area is 155 Å². The second-order valence-corrected chi connectivity index (χ2v) is 7.04. The number of carboxylic acids is 1. The van der Waals surface area contributed by atoms with E-state index in [0.29, 0.717) is 15.6 Å². The summed E-state index contributed by atoms with van der Waals surface area (Å²) in [5, 5.41) is 11.4. The molecule has 1 aromatic carbocycles. The zero-order valence-electron chi connectivity index (χ0n) is 13.6. The Morgan fingerprint density at radius 1 is 1.36 bits per heavy atom. The highest BCUT2D eigenvalue weighted by Gasteiger charge is 2.32. The Morgan fingerprint density at radius 3 is 2.64 bits per heavy atom. The number of nitrogens with zero attached hydrogens (tertiary/aromatic N) is 1. The summed E-state index contributed by atoms with van der Waals surface area (Å²) in [5.74, 6) is -1.74. The molecule has 2 N–H and O–H groups in total. The number of benzene rings is 1. The van der Waals surface area contributed by atoms with Crippen molar-refractivity contribution in [3.63, 3.8) is 0 Å². The molecule has 132 valence electrons. The molecule has 1 aliphatic rings. The molecule has 0 saturated carbocycles. The van der Waals surface area contributed by atoms with Crippen LogP contribution in [0, 0.1) is 0 Å². The molecule has 1 heterocycles. The summed E-state index contributed by atoms with van der Waals surface area (Å²) >= 11 is 6.41. The Bertz CT molecular complexity index is 719. The van der Waals surface area contributed by atoms with Crippen molar-refractivity contribution < 1.29 is 19.5 Å². The lowest BCUT2D eigenvalue weighted by atomic mass is 10.2. The molecule has 1 aromatic rings. The molecule has 0 aromatic heterocycles. The predicted octanol–water partition coefficient (Wildman–Crippen LogP) is 2.26. The molecule has 6 nitrogen and oxygen atoms in total. The van der Waals surface area contributed by atoms with Crippen LogP contribution < -0.4 is 5.32 Å². The molecule has 1 unspecified atom stereocenters. The molecule has 1 fully saturated rings. The van der Waals surface area contributed by atoms with Crippen LogP contribution in [0.25, 0.3) is 6.08 Å². The van der Waals surface area contributed by atoms with E-state index in [4.69, 9.17) is 17.3 Å². The number of hydrogen-bond donors (Lipinski definition) is 2. The number of carboxylic acid groups (broad SMARTS) is 1. The number of rotatable bonds is 7. The minimum atomic E-state index is -1.08. The van der Waals surface area contributed by atoms with Gasteiger partial charge < -0.3 is 10.4 Å². The third kappa shape index (κ3) is 5.14. The fourth-order valence-corrected chi connectivity index (χ4v) is 3.52. The molecule has 2 amide bonds. The maximum atomic E-state index is 12.4. The molecule has 0 spiro atoms. The van der Waals surface area contributed by atoms with Gasteiger partial charge in [0.1, 0.15) is 10.4 Å². The van der Waals surface area contributed by atoms with Crippen LogP contribution in [0.5, 0.6) is 0 Å². The Hall–Kier alpha value is -2.19. The van der Waals surface area contributed by atoms with Gasteiger partial charge in [0.25, 0.3) is 5.91 Å². The van der Waals surface area contributed by atoms with Crippen LogP contribution in [0.1, 0.15) is 25.3 Å². The van der Waals surface area contributed by atoms with E-state index in [2.05, 4.69) is 5.32 Å². The third-order valence-electron chi connectivity index (χ3n) is 3.57. The number of carbonyl (C=O) groups is 3. The monoisotopic (exact) mass is 378 g/mol. The van der Waals surface area contributed by atoms with Gasteiger partial charge in [-0.15, -0.1) is 0 Å². The molecule has 1 saturated heterocycles. The van der Waals surface area contributed by atoms with Gasteiger partial charge in [-0.05, 0) is 18.1 Å². The van der Waals surface area contributed by atoms with Gasteiger partial charge in [-0.25, -0.2) is 4.79 Å². The first-order valence-corrected chi connectivity index (χ1v) is 8.97. The van der Waals surface area contributed by atoms with Gasteiger partial charge in [0, 0.05) is 13.0 Å². The lowest BCUT2D eigenvalue weighted by Gasteiger charge is -2.16. The number of thioether (sulfide) groups is 1. The summed E-state index contributed by atoms with van der Waals surface area (Å²) < 4.78 is 0.394. The largest absolute Gasteiger partial charge is 0.480 e. The van der Waals surface area contributed by atoms with Crippen LogP contribution in [-0.2, 0) is 14.4 Å². The highest BCUT2D eigenvalue weighted by Crippen LogP contribution is 2.32. The van der Waals surface area contributed by atoms with Crippen LogP contribution in [-0.4, -0.2) is 44.7 Å². The maximum absolute atomic E-state index is 12.4. The number of carbonyl (C=O) groups excluding carboxylic acids is 2. The number of amides is 2. The number of aliphatic carboxylic acids is 1. The number of nitrogens with one attached hydrogen (secondary N) is 1. The van der Waals surface area contributed by atoms with Gasteiger partial charge in [0.05, 0.1) is 4.91 Å². The average molecular weight is 378 g/mol. The zero-order chi connectivity index (χ0) is 18.4. The quantitative estimate of drug-likeness (QED) is 0.559. The van der Waals surface area contributed by atoms with Crippen molar-refractivity contribution in [2.45, 2.75) is 25.8 Å². The number of thiocarbonyl (C=S) groups is 1. The van der Waals surface area contributed by atoms with Crippen molar-refractivity contribution in [2.24, 2.45) is 0 Å². The molecule has 0 radical (unpaired) electrons. The van der Waals surface area contributed by atoms with Gasteiger partial charge >= 0.3 is 5.97 Å². The third-order valence-corrected chi connectivity index (χ3v) is 4.95. The molecule has 0 bridgehead atoms. The summed E-state index contributed by atoms with van der Waals surface area (Å²) in [6, 6.07) is 8.50. The van der Waals surface area contributed by atoms with Crippen molar-refractivity contribution in [3.05, 3.63) is 40.8 Å². The van der Waals surface area contributed by atoms with E-state index in [1.165, 1.54) is 16.7 Å². The maximum Gasteiger partial charge on any atom is 0.326 e. The van der Waals surface area contributed by atoms with Gasteiger partial charge in [0.15, 0.2) is 0 Å². The number of hydrogen-bond acceptors (Lipinski definition) is 5. The molecule has 1 atom stereocenters. The summed E-state index contributed by atoms with van der Waals surface area (Å²) in [6.45, 7) is 1.80. The van der Waals surface area contributed by atoms with E-state index in [0.717, 1.165) is 5.56 Å². The molecular weight excluding hydrogens is 360 g/mol. The summed E-state index contributed by atoms with van der Waals surface area (Å²) in [4.78, 5) is 37.1. The van der Waals surface area contributed by atoms with Gasteiger partial charge in [-0.3, -0.25) is 14.5 Å². The van der Waals surface area contributed by atoms with Crippen LogP contribution in [0.15, 0.2) is 35.2 Å². The fourth-order valence-electron chi connectivity index (χ4n) is 2.21. The smallest absolute Gasteiger partial charge is 0.326 e. The molecule has 8 heteroatoms. The van der Waals surface area contributed by atoms with Gasteiger partial charge in [-0.2, -0.15) is 0 Å². The Morgan fingerprint density at radius 2 is 2.04 bits per heavy atom. The predicted molar refractivity (Wildman–Crippen MR) is 101 cm³/mol. The topological polar surface area (TPSA) is 86.7 Å². The van der Waals surface area contributed by atoms with E-state index in [1.54, 1.807) is 13.0 Å². The minimum Gasteiger partial charge on any atom is -0.480 e. The highest BCUT2D eigenvalue weighted by molar-refractivity contribution is 8.26.